The molecule has 0 aliphatic heterocycles. The van der Waals surface area contributed by atoms with Crippen molar-refractivity contribution >= 4 is 28.6 Å². The number of rotatable bonds is 4. The zero-order valence-corrected chi connectivity index (χ0v) is 10.5. The molecule has 6 heteroatoms. The number of aromatic nitrogens is 2. The van der Waals surface area contributed by atoms with E-state index in [2.05, 4.69) is 9.97 Å². The Morgan fingerprint density at radius 3 is 2.94 bits per heavy atom. The van der Waals surface area contributed by atoms with E-state index in [1.54, 1.807) is 25.1 Å². The molecule has 2 aromatic rings. The van der Waals surface area contributed by atoms with Crippen LogP contribution >= 0.6 is 11.8 Å². The Labute approximate surface area is 107 Å². The van der Waals surface area contributed by atoms with E-state index in [1.165, 1.54) is 11.8 Å². The molecule has 0 saturated carbocycles. The molecular weight excluding hydrogens is 252 g/mol. The van der Waals surface area contributed by atoms with Gasteiger partial charge in [-0.15, -0.1) is 11.8 Å². The minimum absolute atomic E-state index is 0.195. The molecule has 0 bridgehead atoms. The summed E-state index contributed by atoms with van der Waals surface area (Å²) in [5, 5.41) is 8.79. The zero-order chi connectivity index (χ0) is 13.1. The Morgan fingerprint density at radius 2 is 2.22 bits per heavy atom. The fourth-order valence-electron chi connectivity index (χ4n) is 1.48. The van der Waals surface area contributed by atoms with Crippen molar-refractivity contribution in [3.8, 4) is 0 Å². The predicted molar refractivity (Wildman–Crippen MR) is 70.8 cm³/mol. The first-order chi connectivity index (χ1) is 8.58. The molecule has 0 saturated heterocycles. The minimum atomic E-state index is -0.872. The smallest absolute Gasteiger partial charge is 0.316 e. The van der Waals surface area contributed by atoms with Crippen molar-refractivity contribution in [2.45, 2.75) is 17.9 Å². The first-order valence-electron chi connectivity index (χ1n) is 5.40. The van der Waals surface area contributed by atoms with E-state index in [0.29, 0.717) is 22.5 Å². The number of thioether (sulfide) groups is 1. The van der Waals surface area contributed by atoms with Crippen LogP contribution in [0.25, 0.3) is 10.9 Å². The van der Waals surface area contributed by atoms with Crippen LogP contribution in [0, 0.1) is 0 Å². The molecule has 5 nitrogen and oxygen atoms in total. The number of hydrogen-bond acceptors (Lipinski definition) is 4. The maximum Gasteiger partial charge on any atom is 0.316 e. The Kier molecular flexibility index (Phi) is 3.66. The van der Waals surface area contributed by atoms with Gasteiger partial charge in [0.05, 0.1) is 21.9 Å². The summed E-state index contributed by atoms with van der Waals surface area (Å²) < 4.78 is 0. The van der Waals surface area contributed by atoms with Crippen molar-refractivity contribution in [1.29, 1.82) is 0 Å². The molecule has 1 aromatic carbocycles. The molecule has 1 atom stereocenters. The summed E-state index contributed by atoms with van der Waals surface area (Å²) in [5.41, 5.74) is 0.430. The number of carbonyl (C=O) groups is 1. The van der Waals surface area contributed by atoms with Crippen LogP contribution in [0.2, 0.25) is 0 Å². The SMILES string of the molecule is CC(SCc1nc2ccccc2c(=O)[nH]1)C(=O)O. The van der Waals surface area contributed by atoms with Crippen molar-refractivity contribution in [1.82, 2.24) is 9.97 Å². The second-order valence-corrected chi connectivity index (χ2v) is 5.15. The van der Waals surface area contributed by atoms with Gasteiger partial charge in [0.1, 0.15) is 5.82 Å². The molecule has 1 unspecified atom stereocenters. The largest absolute Gasteiger partial charge is 0.480 e. The minimum Gasteiger partial charge on any atom is -0.480 e. The van der Waals surface area contributed by atoms with Crippen LogP contribution in [0.15, 0.2) is 29.1 Å². The standard InChI is InChI=1S/C12H12N2O3S/c1-7(12(16)17)18-6-10-13-9-5-3-2-4-8(9)11(15)14-10/h2-5,7H,6H2,1H3,(H,16,17)(H,13,14,15). The second-order valence-electron chi connectivity index (χ2n) is 3.82. The zero-order valence-electron chi connectivity index (χ0n) is 9.71. The third-order valence-electron chi connectivity index (χ3n) is 2.48. The molecule has 0 aliphatic carbocycles. The second kappa shape index (κ2) is 5.22. The highest BCUT2D eigenvalue weighted by Gasteiger charge is 2.12. The van der Waals surface area contributed by atoms with Gasteiger partial charge in [-0.3, -0.25) is 9.59 Å². The van der Waals surface area contributed by atoms with Crippen molar-refractivity contribution in [3.63, 3.8) is 0 Å². The summed E-state index contributed by atoms with van der Waals surface area (Å²) in [6.45, 7) is 1.60. The number of carboxylic acids is 1. The fourth-order valence-corrected chi connectivity index (χ4v) is 2.17. The van der Waals surface area contributed by atoms with Crippen LogP contribution in [0.4, 0.5) is 0 Å². The lowest BCUT2D eigenvalue weighted by Crippen LogP contribution is -2.14. The van der Waals surface area contributed by atoms with Gasteiger partial charge in [-0.05, 0) is 19.1 Å². The maximum atomic E-state index is 11.8. The van der Waals surface area contributed by atoms with E-state index >= 15 is 0 Å². The average molecular weight is 264 g/mol. The molecule has 2 rings (SSSR count). The predicted octanol–water partition coefficient (Wildman–Crippen LogP) is 1.63. The van der Waals surface area contributed by atoms with Gasteiger partial charge in [-0.1, -0.05) is 12.1 Å². The van der Waals surface area contributed by atoms with E-state index < -0.39 is 11.2 Å². The molecule has 0 spiro atoms. The maximum absolute atomic E-state index is 11.8. The van der Waals surface area contributed by atoms with E-state index in [0.717, 1.165) is 0 Å². The molecule has 0 aliphatic rings. The number of H-pyrrole nitrogens is 1. The highest BCUT2D eigenvalue weighted by Crippen LogP contribution is 2.16. The van der Waals surface area contributed by atoms with Crippen LogP contribution < -0.4 is 5.56 Å². The Morgan fingerprint density at radius 1 is 1.50 bits per heavy atom. The summed E-state index contributed by atoms with van der Waals surface area (Å²) in [6, 6.07) is 7.06. The van der Waals surface area contributed by atoms with Crippen LogP contribution in [0.1, 0.15) is 12.7 Å². The fraction of sp³-hybridized carbons (Fsp3) is 0.250. The van der Waals surface area contributed by atoms with Crippen LogP contribution in [0.3, 0.4) is 0 Å². The lowest BCUT2D eigenvalue weighted by atomic mass is 10.2. The van der Waals surface area contributed by atoms with Crippen molar-refractivity contribution in [2.24, 2.45) is 0 Å². The third kappa shape index (κ3) is 2.70. The number of aromatic amines is 1. The van der Waals surface area contributed by atoms with Gasteiger partial charge >= 0.3 is 5.97 Å². The monoisotopic (exact) mass is 264 g/mol. The van der Waals surface area contributed by atoms with Gasteiger partial charge < -0.3 is 10.1 Å². The van der Waals surface area contributed by atoms with Crippen molar-refractivity contribution < 1.29 is 9.90 Å². The van der Waals surface area contributed by atoms with Crippen LogP contribution in [-0.4, -0.2) is 26.3 Å². The highest BCUT2D eigenvalue weighted by atomic mass is 32.2. The molecular formula is C12H12N2O3S. The Bertz CT molecular complexity index is 639. The van der Waals surface area contributed by atoms with Gasteiger partial charge in [0.15, 0.2) is 0 Å². The topological polar surface area (TPSA) is 83.0 Å². The highest BCUT2D eigenvalue weighted by molar-refractivity contribution is 7.99. The quantitative estimate of drug-likeness (QED) is 0.877. The van der Waals surface area contributed by atoms with Gasteiger partial charge in [0.25, 0.3) is 5.56 Å². The number of aliphatic carboxylic acids is 1. The van der Waals surface area contributed by atoms with E-state index in [9.17, 15) is 9.59 Å². The van der Waals surface area contributed by atoms with E-state index in [1.807, 2.05) is 6.07 Å². The normalized spacial score (nSPS) is 12.5. The average Bonchev–Trinajstić information content (AvgIpc) is 2.36. The van der Waals surface area contributed by atoms with Gasteiger partial charge in [-0.25, -0.2) is 4.98 Å². The molecule has 1 aromatic heterocycles. The van der Waals surface area contributed by atoms with E-state index in [-0.39, 0.29) is 5.56 Å². The van der Waals surface area contributed by atoms with Crippen molar-refractivity contribution in [3.05, 3.63) is 40.4 Å². The first-order valence-corrected chi connectivity index (χ1v) is 6.45. The molecule has 18 heavy (non-hydrogen) atoms. The molecule has 0 fully saturated rings. The summed E-state index contributed by atoms with van der Waals surface area (Å²) >= 11 is 1.22. The van der Waals surface area contributed by atoms with E-state index in [4.69, 9.17) is 5.11 Å². The molecule has 94 valence electrons. The number of nitrogens with zero attached hydrogens (tertiary/aromatic N) is 1. The first kappa shape index (κ1) is 12.6. The molecule has 1 heterocycles. The molecule has 0 amide bonds. The Hall–Kier alpha value is -1.82. The van der Waals surface area contributed by atoms with Gasteiger partial charge in [0.2, 0.25) is 0 Å². The molecule has 0 radical (unpaired) electrons. The van der Waals surface area contributed by atoms with Crippen molar-refractivity contribution in [2.75, 3.05) is 0 Å². The number of hydrogen-bond donors (Lipinski definition) is 2. The lowest BCUT2D eigenvalue weighted by Gasteiger charge is -2.06. The summed E-state index contributed by atoms with van der Waals surface area (Å²) in [5.74, 6) is -0.00647. The third-order valence-corrected chi connectivity index (χ3v) is 3.62. The number of para-hydroxylation sites is 1. The van der Waals surface area contributed by atoms with Gasteiger partial charge in [-0.2, -0.15) is 0 Å². The lowest BCUT2D eigenvalue weighted by molar-refractivity contribution is -0.136. The van der Waals surface area contributed by atoms with Crippen LogP contribution in [-0.2, 0) is 10.5 Å². The number of nitrogens with one attached hydrogen (secondary N) is 1. The van der Waals surface area contributed by atoms with Crippen LogP contribution in [0.5, 0.6) is 0 Å². The summed E-state index contributed by atoms with van der Waals surface area (Å²) in [6.07, 6.45) is 0. The number of benzene rings is 1. The number of fused-ring (bicyclic) bond motifs is 1. The number of carboxylic acid groups (broad SMARTS) is 1. The summed E-state index contributed by atoms with van der Waals surface area (Å²) in [4.78, 5) is 29.4. The summed E-state index contributed by atoms with van der Waals surface area (Å²) in [7, 11) is 0. The van der Waals surface area contributed by atoms with Gasteiger partial charge in [0, 0.05) is 0 Å². The molecule has 2 N–H and O–H groups in total. The Balaban J connectivity index is 2.25.